The number of nitrogens with one attached hydrogen (secondary N) is 1. The van der Waals surface area contributed by atoms with E-state index >= 15 is 0 Å². The number of aliphatic hydroxyl groups is 1. The van der Waals surface area contributed by atoms with Crippen LogP contribution in [0.3, 0.4) is 0 Å². The lowest BCUT2D eigenvalue weighted by atomic mass is 9.54. The zero-order valence-electron chi connectivity index (χ0n) is 13.4. The number of carbonyl (C=O) groups excluding carboxylic acids is 1. The summed E-state index contributed by atoms with van der Waals surface area (Å²) in [7, 11) is 0. The van der Waals surface area contributed by atoms with Gasteiger partial charge >= 0.3 is 0 Å². The summed E-state index contributed by atoms with van der Waals surface area (Å²) in [6.07, 6.45) is 7.00. The largest absolute Gasteiger partial charge is 0.446 e. The Bertz CT molecular complexity index is 570. The van der Waals surface area contributed by atoms with Gasteiger partial charge in [0.05, 0.1) is 6.10 Å². The smallest absolute Gasteiger partial charge is 0.273 e. The van der Waals surface area contributed by atoms with Crippen molar-refractivity contribution in [2.24, 2.45) is 29.4 Å². The Morgan fingerprint density at radius 1 is 1.30 bits per heavy atom. The van der Waals surface area contributed by atoms with E-state index in [1.165, 1.54) is 38.4 Å². The van der Waals surface area contributed by atoms with Crippen molar-refractivity contribution in [3.05, 3.63) is 17.8 Å². The summed E-state index contributed by atoms with van der Waals surface area (Å²) in [5, 5.41) is 12.7. The molecule has 0 radical (unpaired) electrons. The average Bonchev–Trinajstić information content (AvgIpc) is 2.99. The molecule has 0 aromatic carbocycles. The molecule has 4 aliphatic carbocycles. The lowest BCUT2D eigenvalue weighted by molar-refractivity contribution is -0.0120. The number of nitrogens with zero attached hydrogens (tertiary/aromatic N) is 1. The zero-order chi connectivity index (χ0) is 16.1. The van der Waals surface area contributed by atoms with Crippen LogP contribution in [-0.2, 0) is 0 Å². The number of rotatable bonds is 4. The minimum atomic E-state index is -0.769. The van der Waals surface area contributed by atoms with E-state index in [9.17, 15) is 9.90 Å². The van der Waals surface area contributed by atoms with E-state index in [-0.39, 0.29) is 23.5 Å². The van der Waals surface area contributed by atoms with Gasteiger partial charge in [-0.2, -0.15) is 0 Å². The molecule has 23 heavy (non-hydrogen) atoms. The molecular formula is C17H25N3O3. The highest BCUT2D eigenvalue weighted by atomic mass is 16.3. The van der Waals surface area contributed by atoms with Gasteiger partial charge < -0.3 is 20.6 Å². The van der Waals surface area contributed by atoms with Crippen LogP contribution in [0.2, 0.25) is 0 Å². The first kappa shape index (κ1) is 15.1. The number of hydrogen-bond donors (Lipinski definition) is 3. The lowest BCUT2D eigenvalue weighted by Crippen LogP contribution is -2.55. The third-order valence-corrected chi connectivity index (χ3v) is 6.08. The molecule has 5 rings (SSSR count). The second kappa shape index (κ2) is 5.60. The third kappa shape index (κ3) is 2.68. The lowest BCUT2D eigenvalue weighted by Gasteiger charge is -2.54. The van der Waals surface area contributed by atoms with Gasteiger partial charge in [-0.1, -0.05) is 0 Å². The van der Waals surface area contributed by atoms with Crippen LogP contribution in [0.1, 0.15) is 61.4 Å². The van der Waals surface area contributed by atoms with E-state index in [1.54, 1.807) is 6.92 Å². The maximum Gasteiger partial charge on any atom is 0.273 e. The van der Waals surface area contributed by atoms with E-state index in [0.29, 0.717) is 11.8 Å². The van der Waals surface area contributed by atoms with Crippen LogP contribution in [0.5, 0.6) is 0 Å². The van der Waals surface area contributed by atoms with Gasteiger partial charge in [-0.05, 0) is 62.7 Å². The van der Waals surface area contributed by atoms with Gasteiger partial charge in [0.1, 0.15) is 12.3 Å². The topological polar surface area (TPSA) is 101 Å². The van der Waals surface area contributed by atoms with E-state index in [1.807, 2.05) is 0 Å². The van der Waals surface area contributed by atoms with Crippen LogP contribution >= 0.6 is 0 Å². The summed E-state index contributed by atoms with van der Waals surface area (Å²) < 4.78 is 5.26. The molecule has 1 heterocycles. The molecule has 4 saturated carbocycles. The fourth-order valence-corrected chi connectivity index (χ4v) is 5.14. The molecular weight excluding hydrogens is 294 g/mol. The van der Waals surface area contributed by atoms with Crippen molar-refractivity contribution < 1.29 is 14.3 Å². The Morgan fingerprint density at radius 2 is 1.91 bits per heavy atom. The molecule has 0 aliphatic heterocycles. The Hall–Kier alpha value is -1.40. The number of carbonyl (C=O) groups is 1. The van der Waals surface area contributed by atoms with Crippen LogP contribution in [0.4, 0.5) is 0 Å². The van der Waals surface area contributed by atoms with Crippen LogP contribution in [-0.4, -0.2) is 28.1 Å². The molecule has 2 atom stereocenters. The summed E-state index contributed by atoms with van der Waals surface area (Å²) in [4.78, 5) is 16.7. The Labute approximate surface area is 135 Å². The highest BCUT2D eigenvalue weighted by Crippen LogP contribution is 2.53. The van der Waals surface area contributed by atoms with E-state index in [0.717, 1.165) is 11.8 Å². The Balaban J connectivity index is 1.44. The first-order valence-corrected chi connectivity index (χ1v) is 8.71. The molecule has 6 nitrogen and oxygen atoms in total. The zero-order valence-corrected chi connectivity index (χ0v) is 13.4. The van der Waals surface area contributed by atoms with Gasteiger partial charge in [0.25, 0.3) is 5.91 Å². The highest BCUT2D eigenvalue weighted by Gasteiger charge is 2.48. The molecule has 4 fully saturated rings. The van der Waals surface area contributed by atoms with Crippen LogP contribution < -0.4 is 11.1 Å². The van der Waals surface area contributed by atoms with Gasteiger partial charge in [0, 0.05) is 6.04 Å². The number of aromatic nitrogens is 1. The van der Waals surface area contributed by atoms with E-state index in [4.69, 9.17) is 10.2 Å². The average molecular weight is 319 g/mol. The first-order chi connectivity index (χ1) is 11.0. The van der Waals surface area contributed by atoms with Crippen molar-refractivity contribution in [1.82, 2.24) is 10.3 Å². The Morgan fingerprint density at radius 3 is 2.48 bits per heavy atom. The van der Waals surface area contributed by atoms with Crippen LogP contribution in [0.15, 0.2) is 10.7 Å². The minimum absolute atomic E-state index is 0.185. The highest BCUT2D eigenvalue weighted by molar-refractivity contribution is 5.92. The minimum Gasteiger partial charge on any atom is -0.446 e. The van der Waals surface area contributed by atoms with E-state index < -0.39 is 12.1 Å². The second-order valence-corrected chi connectivity index (χ2v) is 7.77. The summed E-state index contributed by atoms with van der Waals surface area (Å²) in [5.41, 5.74) is 6.05. The maximum absolute atomic E-state index is 12.5. The molecule has 4 bridgehead atoms. The molecule has 6 heteroatoms. The third-order valence-electron chi connectivity index (χ3n) is 6.08. The summed E-state index contributed by atoms with van der Waals surface area (Å²) in [5.74, 6) is 3.04. The van der Waals surface area contributed by atoms with Crippen molar-refractivity contribution in [1.29, 1.82) is 0 Å². The SMILES string of the molecule is CC(O)C(N)c1nc(C(=O)NC2C3CC4CC(C3)CC2C4)co1. The van der Waals surface area contributed by atoms with Crippen LogP contribution in [0, 0.1) is 23.7 Å². The van der Waals surface area contributed by atoms with Gasteiger partial charge in [-0.25, -0.2) is 4.98 Å². The van der Waals surface area contributed by atoms with Crippen molar-refractivity contribution in [3.8, 4) is 0 Å². The normalized spacial score (nSPS) is 37.6. The van der Waals surface area contributed by atoms with Gasteiger partial charge in [-0.15, -0.1) is 0 Å². The molecule has 1 amide bonds. The molecule has 4 N–H and O–H groups in total. The second-order valence-electron chi connectivity index (χ2n) is 7.77. The monoisotopic (exact) mass is 319 g/mol. The predicted molar refractivity (Wildman–Crippen MR) is 83.4 cm³/mol. The number of amides is 1. The number of oxazole rings is 1. The predicted octanol–water partition coefficient (Wildman–Crippen LogP) is 1.61. The van der Waals surface area contributed by atoms with Gasteiger partial charge in [0.2, 0.25) is 5.89 Å². The Kier molecular flexibility index (Phi) is 3.69. The van der Waals surface area contributed by atoms with Crippen molar-refractivity contribution in [2.45, 2.75) is 57.2 Å². The quantitative estimate of drug-likeness (QED) is 0.782. The van der Waals surface area contributed by atoms with Gasteiger partial charge in [-0.3, -0.25) is 4.79 Å². The fraction of sp³-hybridized carbons (Fsp3) is 0.765. The molecule has 126 valence electrons. The van der Waals surface area contributed by atoms with E-state index in [2.05, 4.69) is 10.3 Å². The van der Waals surface area contributed by atoms with Crippen LogP contribution in [0.25, 0.3) is 0 Å². The summed E-state index contributed by atoms with van der Waals surface area (Å²) in [6, 6.07) is -0.432. The number of aliphatic hydroxyl groups excluding tert-OH is 1. The molecule has 0 saturated heterocycles. The van der Waals surface area contributed by atoms with Crippen molar-refractivity contribution in [3.63, 3.8) is 0 Å². The fourth-order valence-electron chi connectivity index (χ4n) is 5.14. The van der Waals surface area contributed by atoms with Gasteiger partial charge in [0.15, 0.2) is 5.69 Å². The molecule has 4 aliphatic rings. The van der Waals surface area contributed by atoms with Crippen molar-refractivity contribution in [2.75, 3.05) is 0 Å². The number of nitrogens with two attached hydrogens (primary N) is 1. The van der Waals surface area contributed by atoms with Crippen molar-refractivity contribution >= 4 is 5.91 Å². The number of hydrogen-bond acceptors (Lipinski definition) is 5. The first-order valence-electron chi connectivity index (χ1n) is 8.71. The molecule has 1 aromatic rings. The molecule has 0 spiro atoms. The summed E-state index contributed by atoms with van der Waals surface area (Å²) in [6.45, 7) is 1.57. The maximum atomic E-state index is 12.5. The standard InChI is InChI=1S/C17H25N3O3/c1-8(21)14(18)17-19-13(7-23-17)16(22)20-15-11-3-9-2-10(5-11)6-12(15)4-9/h7-12,14-15,21H,2-6,18H2,1H3,(H,20,22). The summed E-state index contributed by atoms with van der Waals surface area (Å²) >= 11 is 0. The molecule has 1 aromatic heterocycles. The molecule has 2 unspecified atom stereocenters.